The molecule has 3 nitrogen and oxygen atoms in total. The first-order chi connectivity index (χ1) is 11.1. The van der Waals surface area contributed by atoms with Crippen LogP contribution in [-0.4, -0.2) is 33.7 Å². The Morgan fingerprint density at radius 1 is 1.13 bits per heavy atom. The normalized spacial score (nSPS) is 22.4. The second-order valence-corrected chi connectivity index (χ2v) is 8.39. The lowest BCUT2D eigenvalue weighted by molar-refractivity contribution is 0.132. The summed E-state index contributed by atoms with van der Waals surface area (Å²) in [5.74, 6) is 2.74. The number of piperidine rings is 1. The van der Waals surface area contributed by atoms with Crippen LogP contribution < -0.4 is 0 Å². The van der Waals surface area contributed by atoms with Crippen LogP contribution in [0.1, 0.15) is 64.3 Å². The first-order valence-corrected chi connectivity index (χ1v) is 10.2. The SMILES string of the molecule is CCCCCCSc1nc(C)cc(CN2CC(C)CC(C)C2)n1. The third-order valence-electron chi connectivity index (χ3n) is 4.45. The van der Waals surface area contributed by atoms with Gasteiger partial charge in [-0.1, -0.05) is 51.8 Å². The highest BCUT2D eigenvalue weighted by molar-refractivity contribution is 7.99. The van der Waals surface area contributed by atoms with Crippen molar-refractivity contribution in [3.63, 3.8) is 0 Å². The van der Waals surface area contributed by atoms with Gasteiger partial charge in [0.15, 0.2) is 5.16 Å². The Balaban J connectivity index is 1.89. The molecule has 1 aromatic heterocycles. The van der Waals surface area contributed by atoms with Gasteiger partial charge in [0.25, 0.3) is 0 Å². The molecule has 0 aromatic carbocycles. The molecule has 2 atom stereocenters. The van der Waals surface area contributed by atoms with Crippen LogP contribution >= 0.6 is 11.8 Å². The maximum absolute atomic E-state index is 4.81. The summed E-state index contributed by atoms with van der Waals surface area (Å²) in [4.78, 5) is 12.0. The van der Waals surface area contributed by atoms with Gasteiger partial charge in [0, 0.05) is 31.1 Å². The minimum atomic E-state index is 0.800. The number of unbranched alkanes of at least 4 members (excludes halogenated alkanes) is 3. The van der Waals surface area contributed by atoms with E-state index in [2.05, 4.69) is 43.6 Å². The van der Waals surface area contributed by atoms with Gasteiger partial charge in [-0.3, -0.25) is 4.90 Å². The van der Waals surface area contributed by atoms with Gasteiger partial charge in [-0.2, -0.15) is 0 Å². The minimum absolute atomic E-state index is 0.800. The molecule has 0 amide bonds. The maximum Gasteiger partial charge on any atom is 0.188 e. The second kappa shape index (κ2) is 9.63. The van der Waals surface area contributed by atoms with Crippen LogP contribution in [0.2, 0.25) is 0 Å². The quantitative estimate of drug-likeness (QED) is 0.382. The fraction of sp³-hybridized carbons (Fsp3) is 0.789. The van der Waals surface area contributed by atoms with E-state index in [4.69, 9.17) is 4.98 Å². The molecule has 1 aromatic rings. The number of hydrogen-bond donors (Lipinski definition) is 0. The molecule has 0 spiro atoms. The van der Waals surface area contributed by atoms with Crippen molar-refractivity contribution in [3.05, 3.63) is 17.5 Å². The lowest BCUT2D eigenvalue weighted by atomic mass is 9.92. The summed E-state index contributed by atoms with van der Waals surface area (Å²) < 4.78 is 0. The molecule has 0 N–H and O–H groups in total. The van der Waals surface area contributed by atoms with Crippen molar-refractivity contribution >= 4 is 11.8 Å². The highest BCUT2D eigenvalue weighted by Crippen LogP contribution is 2.23. The third kappa shape index (κ3) is 6.80. The maximum atomic E-state index is 4.81. The van der Waals surface area contributed by atoms with Crippen molar-refractivity contribution < 1.29 is 0 Å². The Labute approximate surface area is 146 Å². The van der Waals surface area contributed by atoms with Gasteiger partial charge in [0.2, 0.25) is 0 Å². The molecular formula is C19H33N3S. The van der Waals surface area contributed by atoms with Gasteiger partial charge in [-0.25, -0.2) is 9.97 Å². The van der Waals surface area contributed by atoms with Crippen LogP contribution in [0.4, 0.5) is 0 Å². The molecule has 130 valence electrons. The lowest BCUT2D eigenvalue weighted by Crippen LogP contribution is -2.38. The monoisotopic (exact) mass is 335 g/mol. The molecule has 0 bridgehead atoms. The number of aryl methyl sites for hydroxylation is 1. The van der Waals surface area contributed by atoms with Crippen LogP contribution in [0.5, 0.6) is 0 Å². The van der Waals surface area contributed by atoms with E-state index in [-0.39, 0.29) is 0 Å². The summed E-state index contributed by atoms with van der Waals surface area (Å²) >= 11 is 1.82. The minimum Gasteiger partial charge on any atom is -0.297 e. The predicted octanol–water partition coefficient (Wildman–Crippen LogP) is 4.94. The largest absolute Gasteiger partial charge is 0.297 e. The fourth-order valence-electron chi connectivity index (χ4n) is 3.59. The average molecular weight is 336 g/mol. The topological polar surface area (TPSA) is 29.0 Å². The standard InChI is InChI=1S/C19H33N3S/c1-5-6-7-8-9-23-19-20-17(4)11-18(21-19)14-22-12-15(2)10-16(3)13-22/h11,15-16H,5-10,12-14H2,1-4H3. The number of hydrogen-bond acceptors (Lipinski definition) is 4. The average Bonchev–Trinajstić information content (AvgIpc) is 2.45. The van der Waals surface area contributed by atoms with E-state index in [1.54, 1.807) is 0 Å². The van der Waals surface area contributed by atoms with E-state index in [0.717, 1.165) is 35.0 Å². The van der Waals surface area contributed by atoms with Gasteiger partial charge >= 0.3 is 0 Å². The molecule has 23 heavy (non-hydrogen) atoms. The number of thioether (sulfide) groups is 1. The number of nitrogens with zero attached hydrogens (tertiary/aromatic N) is 3. The van der Waals surface area contributed by atoms with Crippen molar-refractivity contribution in [1.82, 2.24) is 14.9 Å². The van der Waals surface area contributed by atoms with Crippen molar-refractivity contribution in [2.45, 2.75) is 71.5 Å². The summed E-state index contributed by atoms with van der Waals surface area (Å²) in [6.45, 7) is 12.5. The molecule has 2 unspecified atom stereocenters. The third-order valence-corrected chi connectivity index (χ3v) is 5.38. The molecule has 2 heterocycles. The summed E-state index contributed by atoms with van der Waals surface area (Å²) in [6, 6.07) is 2.16. The summed E-state index contributed by atoms with van der Waals surface area (Å²) in [5, 5.41) is 0.967. The van der Waals surface area contributed by atoms with Crippen LogP contribution in [-0.2, 0) is 6.54 Å². The molecule has 1 fully saturated rings. The van der Waals surface area contributed by atoms with Crippen LogP contribution in [0.3, 0.4) is 0 Å². The number of aromatic nitrogens is 2. The van der Waals surface area contributed by atoms with Gasteiger partial charge in [-0.15, -0.1) is 0 Å². The Kier molecular flexibility index (Phi) is 7.84. The van der Waals surface area contributed by atoms with E-state index >= 15 is 0 Å². The van der Waals surface area contributed by atoms with Crippen LogP contribution in [0, 0.1) is 18.8 Å². The van der Waals surface area contributed by atoms with Gasteiger partial charge in [-0.05, 0) is 37.7 Å². The molecule has 1 aliphatic rings. The van der Waals surface area contributed by atoms with Crippen LogP contribution in [0.15, 0.2) is 11.2 Å². The molecule has 0 radical (unpaired) electrons. The molecule has 1 saturated heterocycles. The molecule has 0 saturated carbocycles. The molecule has 0 aliphatic carbocycles. The zero-order valence-electron chi connectivity index (χ0n) is 15.3. The molecular weight excluding hydrogens is 302 g/mol. The van der Waals surface area contributed by atoms with Crippen molar-refractivity contribution in [1.29, 1.82) is 0 Å². The Bertz CT molecular complexity index is 468. The van der Waals surface area contributed by atoms with E-state index in [1.165, 1.54) is 50.9 Å². The lowest BCUT2D eigenvalue weighted by Gasteiger charge is -2.34. The van der Waals surface area contributed by atoms with Crippen LogP contribution in [0.25, 0.3) is 0 Å². The number of rotatable bonds is 8. The molecule has 2 rings (SSSR count). The Morgan fingerprint density at radius 3 is 2.57 bits per heavy atom. The van der Waals surface area contributed by atoms with Crippen molar-refractivity contribution in [2.75, 3.05) is 18.8 Å². The number of likely N-dealkylation sites (tertiary alicyclic amines) is 1. The van der Waals surface area contributed by atoms with E-state index < -0.39 is 0 Å². The first kappa shape index (κ1) is 18.7. The van der Waals surface area contributed by atoms with Crippen molar-refractivity contribution in [3.8, 4) is 0 Å². The molecule has 1 aliphatic heterocycles. The smallest absolute Gasteiger partial charge is 0.188 e. The van der Waals surface area contributed by atoms with Gasteiger partial charge < -0.3 is 0 Å². The summed E-state index contributed by atoms with van der Waals surface area (Å²) in [6.07, 6.45) is 6.59. The first-order valence-electron chi connectivity index (χ1n) is 9.26. The second-order valence-electron chi connectivity index (χ2n) is 7.33. The highest BCUT2D eigenvalue weighted by atomic mass is 32.2. The predicted molar refractivity (Wildman–Crippen MR) is 99.9 cm³/mol. The zero-order chi connectivity index (χ0) is 16.7. The van der Waals surface area contributed by atoms with E-state index in [0.29, 0.717) is 0 Å². The fourth-order valence-corrected chi connectivity index (χ4v) is 4.51. The highest BCUT2D eigenvalue weighted by Gasteiger charge is 2.22. The summed E-state index contributed by atoms with van der Waals surface area (Å²) in [5.41, 5.74) is 2.29. The van der Waals surface area contributed by atoms with Crippen molar-refractivity contribution in [2.24, 2.45) is 11.8 Å². The molecule has 4 heteroatoms. The zero-order valence-corrected chi connectivity index (χ0v) is 16.2. The van der Waals surface area contributed by atoms with Gasteiger partial charge in [0.1, 0.15) is 0 Å². The Hall–Kier alpha value is -0.610. The van der Waals surface area contributed by atoms with E-state index in [9.17, 15) is 0 Å². The van der Waals surface area contributed by atoms with Gasteiger partial charge in [0.05, 0.1) is 5.69 Å². The summed E-state index contributed by atoms with van der Waals surface area (Å²) in [7, 11) is 0. The van der Waals surface area contributed by atoms with E-state index in [1.807, 2.05) is 11.8 Å². The Morgan fingerprint density at radius 2 is 1.87 bits per heavy atom.